The number of nitrogens with zero attached hydrogens (tertiary/aromatic N) is 3. The SMILES string of the molecule is CC(=O)OCC1O[C@@H](OCCCCCCO)C(C)[C@@H](C)[C@H]1C.CC(=O)OCC1O[C@@H](OCCCCCCOP(OCCC#N)N(C(C)C)C(C)C)C(C)[C@@H](C)[C@H]1C.CC(=O)OCC1O[C@H]2OC(C)=NC2[C@@H](OC(C)=O)[C@H]1C.CCCCOCCCCCCO.CCCCOCCCCCCO[C@@H]1OC(COC(C)=O)[C@H](C)[C@H](C)C1C. The lowest BCUT2D eigenvalue weighted by Crippen LogP contribution is -2.54. The molecule has 5 rings (SSSR count). The van der Waals surface area contributed by atoms with Crippen molar-refractivity contribution in [1.82, 2.24) is 4.67 Å². The van der Waals surface area contributed by atoms with Gasteiger partial charge in [0, 0.05) is 137 Å². The summed E-state index contributed by atoms with van der Waals surface area (Å²) < 4.78 is 98.6. The first-order valence-corrected chi connectivity index (χ1v) is 44.9. The van der Waals surface area contributed by atoms with Crippen molar-refractivity contribution in [2.75, 3.05) is 99.1 Å². The molecule has 9 unspecified atom stereocenters. The van der Waals surface area contributed by atoms with Gasteiger partial charge in [0.1, 0.15) is 38.6 Å². The zero-order chi connectivity index (χ0) is 86.2. The fourth-order valence-corrected chi connectivity index (χ4v) is 15.5. The van der Waals surface area contributed by atoms with Gasteiger partial charge in [0.25, 0.3) is 8.53 Å². The van der Waals surface area contributed by atoms with Gasteiger partial charge in [-0.25, -0.2) is 9.66 Å². The van der Waals surface area contributed by atoms with Crippen molar-refractivity contribution in [2.45, 2.75) is 361 Å². The molecule has 674 valence electrons. The molecule has 0 aliphatic carbocycles. The van der Waals surface area contributed by atoms with E-state index >= 15 is 0 Å². The number of fused-ring (bicyclic) bond motifs is 1. The molecule has 5 aliphatic rings. The van der Waals surface area contributed by atoms with Crippen LogP contribution in [0.3, 0.4) is 0 Å². The van der Waals surface area contributed by atoms with Gasteiger partial charge in [0.2, 0.25) is 6.29 Å². The van der Waals surface area contributed by atoms with Gasteiger partial charge in [0.15, 0.2) is 30.8 Å². The summed E-state index contributed by atoms with van der Waals surface area (Å²) in [6, 6.07) is 2.38. The van der Waals surface area contributed by atoms with Gasteiger partial charge in [-0.2, -0.15) is 5.26 Å². The molecular formula is C87H162N3O24P. The highest BCUT2D eigenvalue weighted by molar-refractivity contribution is 7.44. The van der Waals surface area contributed by atoms with E-state index in [1.165, 1.54) is 66.7 Å². The van der Waals surface area contributed by atoms with Gasteiger partial charge in [-0.3, -0.25) is 24.0 Å². The lowest BCUT2D eigenvalue weighted by molar-refractivity contribution is -0.255. The summed E-state index contributed by atoms with van der Waals surface area (Å²) in [5.74, 6) is 2.04. The average molecular weight is 1670 g/mol. The van der Waals surface area contributed by atoms with Crippen LogP contribution in [0.2, 0.25) is 0 Å². The molecule has 0 aromatic heterocycles. The van der Waals surface area contributed by atoms with Crippen LogP contribution in [0.1, 0.15) is 287 Å². The van der Waals surface area contributed by atoms with Crippen LogP contribution in [0, 0.1) is 70.5 Å². The summed E-state index contributed by atoms with van der Waals surface area (Å²) in [4.78, 5) is 59.7. The smallest absolute Gasteiger partial charge is 0.302 e. The first-order valence-electron chi connectivity index (χ1n) is 43.8. The number of aliphatic imine (C=N–C) groups is 1. The third kappa shape index (κ3) is 47.3. The van der Waals surface area contributed by atoms with Crippen molar-refractivity contribution in [2.24, 2.45) is 64.2 Å². The van der Waals surface area contributed by atoms with Gasteiger partial charge in [0.05, 0.1) is 44.0 Å². The van der Waals surface area contributed by atoms with Crippen LogP contribution in [0.4, 0.5) is 0 Å². The van der Waals surface area contributed by atoms with E-state index in [1.54, 1.807) is 6.92 Å². The predicted molar refractivity (Wildman–Crippen MR) is 445 cm³/mol. The number of carbonyl (C=O) groups is 5. The number of unbranched alkanes of at least 4 members (excludes halogenated alkanes) is 14. The molecule has 2 N–H and O–H groups in total. The van der Waals surface area contributed by atoms with Crippen LogP contribution in [-0.2, 0) is 104 Å². The van der Waals surface area contributed by atoms with Crippen molar-refractivity contribution in [3.63, 3.8) is 0 Å². The molecule has 4 saturated heterocycles. The Labute approximate surface area is 695 Å². The molecule has 28 heteroatoms. The minimum absolute atomic E-state index is 0.0876. The number of rotatable bonds is 51. The molecule has 0 spiro atoms. The molecule has 0 bridgehead atoms. The number of aliphatic hydroxyl groups excluding tert-OH is 2. The normalized spacial score (nSPS) is 27.8. The van der Waals surface area contributed by atoms with Crippen molar-refractivity contribution < 1.29 is 114 Å². The monoisotopic (exact) mass is 1660 g/mol. The Morgan fingerprint density at radius 1 is 0.426 bits per heavy atom. The Hall–Kier alpha value is -3.82. The average Bonchev–Trinajstić information content (AvgIpc) is 1.76. The summed E-state index contributed by atoms with van der Waals surface area (Å²) in [6.07, 6.45) is 19.5. The van der Waals surface area contributed by atoms with E-state index in [4.69, 9.17) is 95.6 Å². The summed E-state index contributed by atoms with van der Waals surface area (Å²) >= 11 is 0. The zero-order valence-electron chi connectivity index (χ0n) is 75.3. The summed E-state index contributed by atoms with van der Waals surface area (Å²) in [5.41, 5.74) is 0. The van der Waals surface area contributed by atoms with Gasteiger partial charge in [-0.05, 0) is 127 Å². The van der Waals surface area contributed by atoms with E-state index < -0.39 is 27.0 Å². The molecule has 5 aliphatic heterocycles. The second kappa shape index (κ2) is 65.9. The lowest BCUT2D eigenvalue weighted by atomic mass is 9.79. The highest BCUT2D eigenvalue weighted by Gasteiger charge is 2.50. The third-order valence-electron chi connectivity index (χ3n) is 22.2. The number of ether oxygens (including phenoxy) is 15. The molecule has 21 atom stereocenters. The fraction of sp³-hybridized carbons (Fsp3) is 0.920. The van der Waals surface area contributed by atoms with Crippen LogP contribution < -0.4 is 0 Å². The minimum atomic E-state index is -1.17. The Kier molecular flexibility index (Phi) is 62.6. The van der Waals surface area contributed by atoms with Crippen LogP contribution in [0.25, 0.3) is 0 Å². The standard InChI is InChI=1S/C26H49N2O6P.C21H40O5.C17H32O5.C13H19NO6.C10H22O2/c1-19(2)28(20(3)4)35(33-17-13-14-27)32-16-12-10-9-11-15-30-26-23(7)21(5)22(6)25(34-26)18-31-24(8)29;1-6-7-12-23-13-10-8-9-11-14-24-21-18(4)16(2)17(3)20(26-21)15-25-19(5)22;1-12-13(2)16(11-21-15(4)19)22-17(14(12)3)20-10-8-6-5-7-9-18;1-6-10(5-17-8(3)15)20-13-11(14-7(2)18-13)12(6)19-9(4)16;1-2-3-9-12-10-7-5-4-6-8-11/h19-23,25-26H,9-13,15-18H2,1-8H3;16-18,20-21H,6-15H2,1-5H3;12-14,16-18H,5-11H2,1-4H3;6,10-13H,5H2,1-4H3;11H,2-10H2,1H3/t21-,22+,23?,25?,26+,35?;16-,17+,18?,20?,21+;12-,13+,14?,16?,17+;6-,10?,11?,12-,13+;/m0000./s1. The fourth-order valence-electron chi connectivity index (χ4n) is 13.9. The Morgan fingerprint density at radius 2 is 0.748 bits per heavy atom. The molecular weight excluding hydrogens is 1500 g/mol. The number of hydrogen-bond acceptors (Lipinski definition) is 27. The van der Waals surface area contributed by atoms with E-state index in [-0.39, 0.29) is 105 Å². The molecule has 0 radical (unpaired) electrons. The second-order valence-electron chi connectivity index (χ2n) is 32.3. The maximum absolute atomic E-state index is 11.3. The van der Waals surface area contributed by atoms with E-state index in [0.717, 1.165) is 123 Å². The van der Waals surface area contributed by atoms with Crippen molar-refractivity contribution in [3.8, 4) is 6.07 Å². The van der Waals surface area contributed by atoms with Crippen molar-refractivity contribution in [1.29, 1.82) is 5.26 Å². The number of nitriles is 1. The first kappa shape index (κ1) is 109. The zero-order valence-corrected chi connectivity index (χ0v) is 76.2. The molecule has 115 heavy (non-hydrogen) atoms. The summed E-state index contributed by atoms with van der Waals surface area (Å²) in [5, 5.41) is 26.1. The van der Waals surface area contributed by atoms with Crippen LogP contribution in [0.5, 0.6) is 0 Å². The van der Waals surface area contributed by atoms with Crippen molar-refractivity contribution in [3.05, 3.63) is 0 Å². The van der Waals surface area contributed by atoms with Gasteiger partial charge in [-0.1, -0.05) is 147 Å². The van der Waals surface area contributed by atoms with Crippen LogP contribution in [0.15, 0.2) is 4.99 Å². The number of esters is 5. The molecule has 0 amide bonds. The van der Waals surface area contributed by atoms with Crippen LogP contribution >= 0.6 is 8.53 Å². The third-order valence-corrected chi connectivity index (χ3v) is 24.3. The largest absolute Gasteiger partial charge is 0.463 e. The Balaban J connectivity index is 0.000000744. The molecule has 0 saturated carbocycles. The maximum atomic E-state index is 11.3. The maximum Gasteiger partial charge on any atom is 0.302 e. The Bertz CT molecular complexity index is 2560. The molecule has 27 nitrogen and oxygen atoms in total. The van der Waals surface area contributed by atoms with Crippen molar-refractivity contribution >= 4 is 44.3 Å². The molecule has 5 heterocycles. The number of hydrogen-bond donors (Lipinski definition) is 2. The summed E-state index contributed by atoms with van der Waals surface area (Å²) in [6.45, 7) is 51.3. The number of carbonyl (C=O) groups excluding carboxylic acids is 5. The topological polar surface area (TPSA) is 322 Å². The molecule has 0 aromatic carbocycles. The first-order chi connectivity index (χ1) is 54.8. The van der Waals surface area contributed by atoms with E-state index in [9.17, 15) is 24.0 Å². The second-order valence-corrected chi connectivity index (χ2v) is 33.8. The van der Waals surface area contributed by atoms with E-state index in [2.05, 4.69) is 120 Å². The summed E-state index contributed by atoms with van der Waals surface area (Å²) in [7, 11) is -1.17. The molecule has 0 aromatic rings. The highest BCUT2D eigenvalue weighted by Crippen LogP contribution is 2.46. The lowest BCUT2D eigenvalue weighted by Gasteiger charge is -2.43. The molecule has 4 fully saturated rings. The number of aliphatic hydroxyl groups is 2. The van der Waals surface area contributed by atoms with Crippen LogP contribution in [-0.4, -0.2) is 224 Å². The van der Waals surface area contributed by atoms with Gasteiger partial charge >= 0.3 is 29.8 Å². The van der Waals surface area contributed by atoms with E-state index in [1.807, 2.05) is 6.92 Å². The van der Waals surface area contributed by atoms with Gasteiger partial charge in [-0.15, -0.1) is 0 Å². The minimum Gasteiger partial charge on any atom is -0.463 e. The highest BCUT2D eigenvalue weighted by atomic mass is 31.2. The van der Waals surface area contributed by atoms with E-state index in [0.29, 0.717) is 125 Å². The predicted octanol–water partition coefficient (Wildman–Crippen LogP) is 16.4. The Morgan fingerprint density at radius 3 is 1.07 bits per heavy atom. The van der Waals surface area contributed by atoms with Gasteiger partial charge < -0.3 is 90.3 Å². The quantitative estimate of drug-likeness (QED) is 0.0247.